The van der Waals surface area contributed by atoms with Crippen LogP contribution in [0.1, 0.15) is 58.3 Å². The zero-order valence-corrected chi connectivity index (χ0v) is 8.52. The molecule has 0 unspecified atom stereocenters. The van der Waals surface area contributed by atoms with E-state index in [0.717, 1.165) is 0 Å². The van der Waals surface area contributed by atoms with Gasteiger partial charge < -0.3 is 0 Å². The van der Waals surface area contributed by atoms with Gasteiger partial charge in [-0.2, -0.15) is 0 Å². The van der Waals surface area contributed by atoms with E-state index in [2.05, 4.69) is 19.9 Å². The molecule has 0 aromatic heterocycles. The Labute approximate surface area is 106 Å². The van der Waals surface area contributed by atoms with E-state index in [4.69, 9.17) is 0 Å². The Bertz CT molecular complexity index is 97.3. The molecule has 0 fully saturated rings. The molecule has 0 nitrogen and oxygen atoms in total. The van der Waals surface area contributed by atoms with Gasteiger partial charge in [0.15, 0.2) is 0 Å². The Morgan fingerprint density at radius 1 is 0.923 bits per heavy atom. The van der Waals surface area contributed by atoms with Gasteiger partial charge in [0.05, 0.1) is 0 Å². The molecule has 0 aromatic rings. The van der Waals surface area contributed by atoms with Gasteiger partial charge in [0.25, 0.3) is 0 Å². The number of unbranched alkanes of at least 4 members (excludes halogenated alkanes) is 7. The van der Waals surface area contributed by atoms with Crippen molar-refractivity contribution in [2.75, 3.05) is 0 Å². The van der Waals surface area contributed by atoms with E-state index in [1.54, 1.807) is 0 Å². The summed E-state index contributed by atoms with van der Waals surface area (Å²) in [7, 11) is 0. The van der Waals surface area contributed by atoms with Crippen molar-refractivity contribution in [3.8, 4) is 0 Å². The van der Waals surface area contributed by atoms with Crippen molar-refractivity contribution in [3.05, 3.63) is 19.1 Å². The molecule has 0 saturated carbocycles. The first-order valence-corrected chi connectivity index (χ1v) is 5.36. The van der Waals surface area contributed by atoms with Gasteiger partial charge in [-0.15, -0.1) is 0 Å². The third kappa shape index (κ3) is 15.5. The summed E-state index contributed by atoms with van der Waals surface area (Å²) in [6.45, 7) is 5.93. The van der Waals surface area contributed by atoms with Gasteiger partial charge in [-0.25, -0.2) is 0 Å². The fraction of sp³-hybridized carbons (Fsp3) is 0.750. The third-order valence-corrected chi connectivity index (χ3v) is 2.14. The van der Waals surface area contributed by atoms with Gasteiger partial charge in [0.2, 0.25) is 0 Å². The number of rotatable bonds is 8. The zero-order chi connectivity index (χ0) is 9.07. The molecule has 0 N–H and O–H groups in total. The van der Waals surface area contributed by atoms with Crippen LogP contribution in [0.2, 0.25) is 0 Å². The first-order valence-electron chi connectivity index (χ1n) is 5.36. The maximum absolute atomic E-state index is 3.66. The van der Waals surface area contributed by atoms with E-state index < -0.39 is 0 Å². The molecule has 0 bridgehead atoms. The molecule has 1 radical (unpaired) electrons. The van der Waals surface area contributed by atoms with E-state index in [0.29, 0.717) is 0 Å². The van der Waals surface area contributed by atoms with Crippen LogP contribution in [0.15, 0.2) is 12.2 Å². The summed E-state index contributed by atoms with van der Waals surface area (Å²) < 4.78 is 0. The van der Waals surface area contributed by atoms with Gasteiger partial charge in [-0.3, -0.25) is 0 Å². The van der Waals surface area contributed by atoms with Crippen LogP contribution >= 0.6 is 0 Å². The topological polar surface area (TPSA) is 0 Å². The van der Waals surface area contributed by atoms with E-state index in [1.165, 1.54) is 51.4 Å². The third-order valence-electron chi connectivity index (χ3n) is 2.14. The number of hydrogen-bond donors (Lipinski definition) is 0. The van der Waals surface area contributed by atoms with E-state index in [9.17, 15) is 0 Å². The predicted octanol–water partition coefficient (Wildman–Crippen LogP) is 3.87. The molecule has 13 heavy (non-hydrogen) atoms. The second kappa shape index (κ2) is 15.2. The minimum absolute atomic E-state index is 0. The second-order valence-electron chi connectivity index (χ2n) is 3.38. The van der Waals surface area contributed by atoms with E-state index in [-0.39, 0.29) is 29.6 Å². The first-order chi connectivity index (χ1) is 5.91. The van der Waals surface area contributed by atoms with Crippen molar-refractivity contribution in [2.24, 2.45) is 0 Å². The van der Waals surface area contributed by atoms with Crippen LogP contribution in [0.25, 0.3) is 0 Å². The molecule has 73 valence electrons. The molecule has 0 amide bonds. The van der Waals surface area contributed by atoms with Crippen molar-refractivity contribution < 1.29 is 0 Å². The van der Waals surface area contributed by atoms with Crippen molar-refractivity contribution in [3.63, 3.8) is 0 Å². The Morgan fingerprint density at radius 2 is 1.46 bits per heavy atom. The van der Waals surface area contributed by atoms with Crippen molar-refractivity contribution in [1.82, 2.24) is 0 Å². The molecule has 0 rings (SSSR count). The van der Waals surface area contributed by atoms with Crippen LogP contribution in [-0.2, 0) is 0 Å². The molecule has 0 aliphatic heterocycles. The molecule has 1 heteroatoms. The molecule has 0 heterocycles. The summed E-state index contributed by atoms with van der Waals surface area (Å²) in [6, 6.07) is 0. The minimum atomic E-state index is 0. The fourth-order valence-corrected chi connectivity index (χ4v) is 1.34. The van der Waals surface area contributed by atoms with Gasteiger partial charge in [0, 0.05) is 0 Å². The predicted molar refractivity (Wildman–Crippen MR) is 64.3 cm³/mol. The van der Waals surface area contributed by atoms with Crippen molar-refractivity contribution in [1.29, 1.82) is 0 Å². The summed E-state index contributed by atoms with van der Waals surface area (Å²) in [5.74, 6) is 0. The summed E-state index contributed by atoms with van der Waals surface area (Å²) in [4.78, 5) is 0. The second-order valence-corrected chi connectivity index (χ2v) is 3.38. The van der Waals surface area contributed by atoms with Crippen molar-refractivity contribution >= 4 is 29.6 Å². The molecular weight excluding hydrogens is 167 g/mol. The standard InChI is InChI=1S/C12H23.Na.H/c1-3-5-7-9-11-12-10-8-6-4-2;;/h3,5H,1,4,6-12H2,2H3;;. The van der Waals surface area contributed by atoms with Crippen LogP contribution in [0.4, 0.5) is 0 Å². The molecule has 0 atom stereocenters. The Hall–Kier alpha value is 0.740. The Morgan fingerprint density at radius 3 is 2.00 bits per heavy atom. The summed E-state index contributed by atoms with van der Waals surface area (Å²) in [5.41, 5.74) is 0. The van der Waals surface area contributed by atoms with E-state index in [1.807, 2.05) is 6.08 Å². The van der Waals surface area contributed by atoms with Gasteiger partial charge in [-0.05, 0) is 19.8 Å². The van der Waals surface area contributed by atoms with Gasteiger partial charge >= 0.3 is 29.6 Å². The van der Waals surface area contributed by atoms with Crippen LogP contribution in [-0.4, -0.2) is 29.6 Å². The zero-order valence-electron chi connectivity index (χ0n) is 8.52. The first kappa shape index (κ1) is 16.2. The number of hydrogen-bond acceptors (Lipinski definition) is 0. The normalized spacial score (nSPS) is 10.3. The molecule has 0 saturated heterocycles. The van der Waals surface area contributed by atoms with Crippen molar-refractivity contribution in [2.45, 2.75) is 58.3 Å². The summed E-state index contributed by atoms with van der Waals surface area (Å²) in [5, 5.41) is 0. The molecular formula is C12H24Na. The number of allylic oxidation sites excluding steroid dienone is 2. The van der Waals surface area contributed by atoms with Crippen LogP contribution in [0, 0.1) is 6.92 Å². The average Bonchev–Trinajstić information content (AvgIpc) is 2.10. The fourth-order valence-electron chi connectivity index (χ4n) is 1.34. The van der Waals surface area contributed by atoms with Crippen LogP contribution in [0.5, 0.6) is 0 Å². The van der Waals surface area contributed by atoms with Crippen LogP contribution in [0.3, 0.4) is 0 Å². The Kier molecular flexibility index (Phi) is 18.9. The van der Waals surface area contributed by atoms with Crippen LogP contribution < -0.4 is 0 Å². The SMILES string of the molecule is [CH2]C=CCCCCCCCCC.[NaH]. The quantitative estimate of drug-likeness (QED) is 0.403. The summed E-state index contributed by atoms with van der Waals surface area (Å²) in [6.07, 6.45) is 15.1. The molecule has 0 aliphatic carbocycles. The molecule has 0 spiro atoms. The Balaban J connectivity index is 0. The maximum atomic E-state index is 3.66. The monoisotopic (exact) mass is 191 g/mol. The average molecular weight is 191 g/mol. The molecule has 0 aromatic carbocycles. The van der Waals surface area contributed by atoms with Gasteiger partial charge in [-0.1, -0.05) is 57.6 Å². The van der Waals surface area contributed by atoms with E-state index >= 15 is 0 Å². The van der Waals surface area contributed by atoms with Gasteiger partial charge in [0.1, 0.15) is 0 Å². The molecule has 0 aliphatic rings. The summed E-state index contributed by atoms with van der Waals surface area (Å²) >= 11 is 0.